The fraction of sp³-hybridized carbons (Fsp3) is 0.0714. The number of carbonyl (C=O) groups excluding carboxylic acids is 1. The number of hydrogen-bond donors (Lipinski definition) is 3. The molecule has 0 saturated heterocycles. The maximum absolute atomic E-state index is 12.0. The first-order valence-electron chi connectivity index (χ1n) is 5.53. The van der Waals surface area contributed by atoms with Crippen LogP contribution in [0.3, 0.4) is 0 Å². The van der Waals surface area contributed by atoms with Crippen LogP contribution in [0.25, 0.3) is 0 Å². The number of carbonyl (C=O) groups is 1. The van der Waals surface area contributed by atoms with E-state index in [0.717, 1.165) is 5.56 Å². The van der Waals surface area contributed by atoms with Crippen LogP contribution in [0.15, 0.2) is 42.5 Å². The van der Waals surface area contributed by atoms with Crippen LogP contribution in [-0.4, -0.2) is 11.0 Å². The van der Waals surface area contributed by atoms with Crippen molar-refractivity contribution in [2.45, 2.75) is 6.92 Å². The largest absolute Gasteiger partial charge is 0.508 e. The Hall–Kier alpha value is -2.49. The summed E-state index contributed by atoms with van der Waals surface area (Å²) in [5.74, 6) is -0.243. The standard InChI is InChI=1S/C14H14N2O2/c1-9-4-2-7-12(15)13(9)16-14(18)10-5-3-6-11(17)8-10/h2-8,17H,15H2,1H3,(H,16,18). The van der Waals surface area contributed by atoms with Gasteiger partial charge in [0.2, 0.25) is 0 Å². The predicted molar refractivity (Wildman–Crippen MR) is 71.7 cm³/mol. The number of aromatic hydroxyl groups is 1. The molecule has 0 heterocycles. The van der Waals surface area contributed by atoms with E-state index >= 15 is 0 Å². The second-order valence-electron chi connectivity index (χ2n) is 4.04. The Labute approximate surface area is 105 Å². The van der Waals surface area contributed by atoms with E-state index in [1.54, 1.807) is 18.2 Å². The lowest BCUT2D eigenvalue weighted by molar-refractivity contribution is 0.102. The molecule has 0 fully saturated rings. The second-order valence-corrected chi connectivity index (χ2v) is 4.04. The van der Waals surface area contributed by atoms with Crippen molar-refractivity contribution in [3.8, 4) is 5.75 Å². The highest BCUT2D eigenvalue weighted by Crippen LogP contribution is 2.23. The van der Waals surface area contributed by atoms with Crippen LogP contribution in [0.2, 0.25) is 0 Å². The first-order valence-corrected chi connectivity index (χ1v) is 5.53. The van der Waals surface area contributed by atoms with Crippen LogP contribution in [0.1, 0.15) is 15.9 Å². The number of nitrogens with one attached hydrogen (secondary N) is 1. The molecule has 0 saturated carbocycles. The highest BCUT2D eigenvalue weighted by Gasteiger charge is 2.10. The molecule has 0 unspecified atom stereocenters. The lowest BCUT2D eigenvalue weighted by Crippen LogP contribution is -2.14. The zero-order valence-electron chi connectivity index (χ0n) is 9.97. The fourth-order valence-electron chi connectivity index (χ4n) is 1.69. The Morgan fingerprint density at radius 1 is 1.22 bits per heavy atom. The van der Waals surface area contributed by atoms with Gasteiger partial charge in [-0.1, -0.05) is 18.2 Å². The highest BCUT2D eigenvalue weighted by molar-refractivity contribution is 6.06. The molecule has 92 valence electrons. The number of benzene rings is 2. The molecule has 18 heavy (non-hydrogen) atoms. The third-order valence-corrected chi connectivity index (χ3v) is 2.65. The molecule has 0 aliphatic rings. The molecule has 2 aromatic rings. The minimum absolute atomic E-state index is 0.0559. The molecule has 0 atom stereocenters. The quantitative estimate of drug-likeness (QED) is 0.708. The summed E-state index contributed by atoms with van der Waals surface area (Å²) in [6.45, 7) is 1.87. The summed E-state index contributed by atoms with van der Waals surface area (Å²) in [6.07, 6.45) is 0. The number of phenols is 1. The summed E-state index contributed by atoms with van der Waals surface area (Å²) in [7, 11) is 0. The van der Waals surface area contributed by atoms with E-state index < -0.39 is 0 Å². The minimum Gasteiger partial charge on any atom is -0.508 e. The van der Waals surface area contributed by atoms with Crippen LogP contribution in [0.4, 0.5) is 11.4 Å². The van der Waals surface area contributed by atoms with Crippen molar-refractivity contribution >= 4 is 17.3 Å². The van der Waals surface area contributed by atoms with Gasteiger partial charge in [-0.05, 0) is 36.8 Å². The minimum atomic E-state index is -0.299. The molecule has 0 bridgehead atoms. The van der Waals surface area contributed by atoms with Crippen molar-refractivity contribution in [2.75, 3.05) is 11.1 Å². The molecule has 4 N–H and O–H groups in total. The van der Waals surface area contributed by atoms with Crippen molar-refractivity contribution < 1.29 is 9.90 Å². The highest BCUT2D eigenvalue weighted by atomic mass is 16.3. The molecule has 4 heteroatoms. The van der Waals surface area contributed by atoms with Crippen molar-refractivity contribution in [1.29, 1.82) is 0 Å². The van der Waals surface area contributed by atoms with Gasteiger partial charge in [-0.2, -0.15) is 0 Å². The second kappa shape index (κ2) is 4.79. The zero-order chi connectivity index (χ0) is 13.1. The van der Waals surface area contributed by atoms with Crippen LogP contribution in [0, 0.1) is 6.92 Å². The van der Waals surface area contributed by atoms with Crippen LogP contribution < -0.4 is 11.1 Å². The smallest absolute Gasteiger partial charge is 0.255 e. The average Bonchev–Trinajstić information content (AvgIpc) is 2.34. The van der Waals surface area contributed by atoms with Crippen molar-refractivity contribution in [1.82, 2.24) is 0 Å². The van der Waals surface area contributed by atoms with Gasteiger partial charge in [-0.3, -0.25) is 4.79 Å². The van der Waals surface area contributed by atoms with Crippen molar-refractivity contribution in [2.24, 2.45) is 0 Å². The lowest BCUT2D eigenvalue weighted by Gasteiger charge is -2.11. The summed E-state index contributed by atoms with van der Waals surface area (Å²) in [5.41, 5.74) is 8.21. The maximum atomic E-state index is 12.0. The third kappa shape index (κ3) is 2.43. The predicted octanol–water partition coefficient (Wildman–Crippen LogP) is 2.54. The van der Waals surface area contributed by atoms with Crippen LogP contribution in [-0.2, 0) is 0 Å². The molecule has 2 aromatic carbocycles. The van der Waals surface area contributed by atoms with Gasteiger partial charge in [0.25, 0.3) is 5.91 Å². The molecule has 4 nitrogen and oxygen atoms in total. The number of nitrogens with two attached hydrogens (primary N) is 1. The maximum Gasteiger partial charge on any atom is 0.255 e. The van der Waals surface area contributed by atoms with Gasteiger partial charge in [0.15, 0.2) is 0 Å². The third-order valence-electron chi connectivity index (χ3n) is 2.65. The van der Waals surface area contributed by atoms with E-state index in [0.29, 0.717) is 16.9 Å². The Balaban J connectivity index is 2.27. The summed E-state index contributed by atoms with van der Waals surface area (Å²) in [4.78, 5) is 12.0. The SMILES string of the molecule is Cc1cccc(N)c1NC(=O)c1cccc(O)c1. The number of rotatable bonds is 2. The Bertz CT molecular complexity index is 574. The molecule has 0 aliphatic carbocycles. The van der Waals surface area contributed by atoms with E-state index in [1.165, 1.54) is 12.1 Å². The Morgan fingerprint density at radius 2 is 1.94 bits per heavy atom. The van der Waals surface area contributed by atoms with Gasteiger partial charge < -0.3 is 16.2 Å². The van der Waals surface area contributed by atoms with Crippen molar-refractivity contribution in [3.05, 3.63) is 53.6 Å². The number of para-hydroxylation sites is 1. The lowest BCUT2D eigenvalue weighted by atomic mass is 10.1. The number of phenolic OH excluding ortho intramolecular Hbond substituents is 1. The summed E-state index contributed by atoms with van der Waals surface area (Å²) in [6, 6.07) is 11.6. The van der Waals surface area contributed by atoms with Crippen molar-refractivity contribution in [3.63, 3.8) is 0 Å². The number of amides is 1. The first-order chi connectivity index (χ1) is 8.58. The van der Waals surface area contributed by atoms with E-state index in [1.807, 2.05) is 19.1 Å². The van der Waals surface area contributed by atoms with E-state index in [4.69, 9.17) is 5.73 Å². The zero-order valence-corrected chi connectivity index (χ0v) is 9.97. The number of aryl methyl sites for hydroxylation is 1. The van der Waals surface area contributed by atoms with Crippen LogP contribution in [0.5, 0.6) is 5.75 Å². The molecular formula is C14H14N2O2. The molecule has 0 aliphatic heterocycles. The molecular weight excluding hydrogens is 228 g/mol. The first kappa shape index (κ1) is 12.0. The van der Waals surface area contributed by atoms with Gasteiger partial charge in [0, 0.05) is 5.56 Å². The number of hydrogen-bond acceptors (Lipinski definition) is 3. The molecule has 0 aromatic heterocycles. The van der Waals surface area contributed by atoms with Gasteiger partial charge in [-0.15, -0.1) is 0 Å². The molecule has 0 radical (unpaired) electrons. The monoisotopic (exact) mass is 242 g/mol. The Morgan fingerprint density at radius 3 is 2.61 bits per heavy atom. The Kier molecular flexibility index (Phi) is 3.19. The molecule has 0 spiro atoms. The van der Waals surface area contributed by atoms with E-state index in [2.05, 4.69) is 5.32 Å². The number of anilines is 2. The molecule has 1 amide bonds. The average molecular weight is 242 g/mol. The molecule has 2 rings (SSSR count). The summed E-state index contributed by atoms with van der Waals surface area (Å²) >= 11 is 0. The van der Waals surface area contributed by atoms with Crippen LogP contribution >= 0.6 is 0 Å². The normalized spacial score (nSPS) is 10.1. The van der Waals surface area contributed by atoms with E-state index in [9.17, 15) is 9.90 Å². The van der Waals surface area contributed by atoms with Gasteiger partial charge in [-0.25, -0.2) is 0 Å². The van der Waals surface area contributed by atoms with Gasteiger partial charge in [0.05, 0.1) is 11.4 Å². The summed E-state index contributed by atoms with van der Waals surface area (Å²) < 4.78 is 0. The van der Waals surface area contributed by atoms with E-state index in [-0.39, 0.29) is 11.7 Å². The topological polar surface area (TPSA) is 75.3 Å². The van der Waals surface area contributed by atoms with Gasteiger partial charge >= 0.3 is 0 Å². The fourth-order valence-corrected chi connectivity index (χ4v) is 1.69. The summed E-state index contributed by atoms with van der Waals surface area (Å²) in [5, 5.41) is 12.1. The number of nitrogen functional groups attached to an aromatic ring is 1. The van der Waals surface area contributed by atoms with Gasteiger partial charge in [0.1, 0.15) is 5.75 Å².